The summed E-state index contributed by atoms with van der Waals surface area (Å²) >= 11 is 1.07. The van der Waals surface area contributed by atoms with E-state index in [-0.39, 0.29) is 12.5 Å². The largest absolute Gasteiger partial charge is 0.465 e. The van der Waals surface area contributed by atoms with Gasteiger partial charge < -0.3 is 9.47 Å². The molecule has 0 aliphatic carbocycles. The van der Waals surface area contributed by atoms with E-state index in [4.69, 9.17) is 0 Å². The first kappa shape index (κ1) is 12.6. The Hall–Kier alpha value is -1.47. The minimum atomic E-state index is -0.456. The molecule has 1 heterocycles. The molecule has 1 aromatic rings. The Morgan fingerprint density at radius 3 is 2.69 bits per heavy atom. The average Bonchev–Trinajstić information content (AvgIpc) is 2.58. The molecule has 1 aromatic heterocycles. The molecule has 1 rings (SSSR count). The monoisotopic (exact) mass is 244 g/mol. The number of carbonyl (C=O) groups excluding carboxylic acids is 2. The number of hydrogen-bond acceptors (Lipinski definition) is 6. The van der Waals surface area contributed by atoms with Gasteiger partial charge in [0.15, 0.2) is 5.13 Å². The number of thiazole rings is 1. The van der Waals surface area contributed by atoms with E-state index >= 15 is 0 Å². The highest BCUT2D eigenvalue weighted by Gasteiger charge is 2.16. The fourth-order valence-corrected chi connectivity index (χ4v) is 1.92. The summed E-state index contributed by atoms with van der Waals surface area (Å²) in [5.74, 6) is -0.769. The van der Waals surface area contributed by atoms with E-state index in [0.717, 1.165) is 11.3 Å². The minimum Gasteiger partial charge on any atom is -0.465 e. The average molecular weight is 244 g/mol. The normalized spacial score (nSPS) is 9.94. The summed E-state index contributed by atoms with van der Waals surface area (Å²) in [5, 5.41) is 2.88. The van der Waals surface area contributed by atoms with Gasteiger partial charge in [0.1, 0.15) is 11.5 Å². The van der Waals surface area contributed by atoms with Gasteiger partial charge in [-0.1, -0.05) is 11.3 Å². The maximum Gasteiger partial charge on any atom is 0.350 e. The zero-order valence-electron chi connectivity index (χ0n) is 9.20. The second-order valence-corrected chi connectivity index (χ2v) is 3.91. The predicted octanol–water partition coefficient (Wildman–Crippen LogP) is 0.823. The molecule has 0 aliphatic heterocycles. The number of aryl methyl sites for hydroxylation is 1. The number of amides is 1. The number of rotatable bonds is 4. The van der Waals surface area contributed by atoms with Crippen LogP contribution in [0.5, 0.6) is 0 Å². The first-order chi connectivity index (χ1) is 7.58. The molecule has 88 valence electrons. The zero-order chi connectivity index (χ0) is 12.1. The van der Waals surface area contributed by atoms with Crippen molar-refractivity contribution in [3.63, 3.8) is 0 Å². The van der Waals surface area contributed by atoms with Crippen molar-refractivity contribution in [2.75, 3.05) is 26.1 Å². The van der Waals surface area contributed by atoms with Gasteiger partial charge in [-0.05, 0) is 6.92 Å². The Bertz CT molecular complexity index is 402. The fraction of sp³-hybridized carbons (Fsp3) is 0.444. The molecule has 0 saturated carbocycles. The second-order valence-electron chi connectivity index (χ2n) is 2.91. The lowest BCUT2D eigenvalue weighted by molar-refractivity contribution is -0.119. The summed E-state index contributed by atoms with van der Waals surface area (Å²) in [7, 11) is 2.72. The summed E-state index contributed by atoms with van der Waals surface area (Å²) in [6.45, 7) is 1.63. The van der Waals surface area contributed by atoms with Gasteiger partial charge in [-0.15, -0.1) is 0 Å². The summed E-state index contributed by atoms with van der Waals surface area (Å²) in [4.78, 5) is 26.9. The Morgan fingerprint density at radius 1 is 1.44 bits per heavy atom. The van der Waals surface area contributed by atoms with Gasteiger partial charge in [0.25, 0.3) is 5.91 Å². The third kappa shape index (κ3) is 3.01. The van der Waals surface area contributed by atoms with Gasteiger partial charge in [-0.25, -0.2) is 9.78 Å². The van der Waals surface area contributed by atoms with Crippen molar-refractivity contribution in [1.82, 2.24) is 4.98 Å². The number of aromatic nitrogens is 1. The molecule has 6 nitrogen and oxygen atoms in total. The van der Waals surface area contributed by atoms with Crippen molar-refractivity contribution in [1.29, 1.82) is 0 Å². The van der Waals surface area contributed by atoms with Crippen molar-refractivity contribution in [3.8, 4) is 0 Å². The van der Waals surface area contributed by atoms with Crippen LogP contribution in [0.1, 0.15) is 15.4 Å². The van der Waals surface area contributed by atoms with Gasteiger partial charge in [0.2, 0.25) is 0 Å². The SMILES string of the molecule is COCC(=O)Nc1nc(C)c(C(=O)OC)s1. The maximum absolute atomic E-state index is 11.3. The molecule has 0 bridgehead atoms. The van der Waals surface area contributed by atoms with E-state index in [0.29, 0.717) is 15.7 Å². The number of anilines is 1. The molecule has 7 heteroatoms. The molecular weight excluding hydrogens is 232 g/mol. The van der Waals surface area contributed by atoms with Crippen molar-refractivity contribution in [2.45, 2.75) is 6.92 Å². The van der Waals surface area contributed by atoms with E-state index in [1.165, 1.54) is 14.2 Å². The van der Waals surface area contributed by atoms with E-state index in [1.54, 1.807) is 6.92 Å². The predicted molar refractivity (Wildman–Crippen MR) is 58.7 cm³/mol. The fourth-order valence-electron chi connectivity index (χ4n) is 1.02. The van der Waals surface area contributed by atoms with E-state index in [1.807, 2.05) is 0 Å². The van der Waals surface area contributed by atoms with Crippen molar-refractivity contribution in [3.05, 3.63) is 10.6 Å². The van der Waals surface area contributed by atoms with E-state index in [2.05, 4.69) is 19.8 Å². The first-order valence-electron chi connectivity index (χ1n) is 4.43. The van der Waals surface area contributed by atoms with Crippen LogP contribution in [0.3, 0.4) is 0 Å². The Kier molecular flexibility index (Phi) is 4.39. The Balaban J connectivity index is 2.77. The highest BCUT2D eigenvalue weighted by Crippen LogP contribution is 2.22. The molecule has 0 saturated heterocycles. The van der Waals surface area contributed by atoms with Gasteiger partial charge in [-0.2, -0.15) is 0 Å². The number of carbonyl (C=O) groups is 2. The van der Waals surface area contributed by atoms with Crippen LogP contribution >= 0.6 is 11.3 Å². The van der Waals surface area contributed by atoms with Crippen LogP contribution in [0.15, 0.2) is 0 Å². The number of nitrogens with one attached hydrogen (secondary N) is 1. The quantitative estimate of drug-likeness (QED) is 0.793. The van der Waals surface area contributed by atoms with Crippen molar-refractivity contribution in [2.24, 2.45) is 0 Å². The lowest BCUT2D eigenvalue weighted by atomic mass is 10.4. The summed E-state index contributed by atoms with van der Waals surface area (Å²) in [5.41, 5.74) is 0.532. The molecule has 0 unspecified atom stereocenters. The number of ether oxygens (including phenoxy) is 2. The van der Waals surface area contributed by atoms with Crippen LogP contribution < -0.4 is 5.32 Å². The van der Waals surface area contributed by atoms with Gasteiger partial charge in [0, 0.05) is 7.11 Å². The molecule has 1 N–H and O–H groups in total. The third-order valence-electron chi connectivity index (χ3n) is 1.69. The van der Waals surface area contributed by atoms with Crippen LogP contribution in [-0.4, -0.2) is 37.7 Å². The molecule has 0 fully saturated rings. The van der Waals surface area contributed by atoms with Crippen LogP contribution in [0.2, 0.25) is 0 Å². The van der Waals surface area contributed by atoms with Gasteiger partial charge >= 0.3 is 5.97 Å². The number of esters is 1. The third-order valence-corrected chi connectivity index (χ3v) is 2.74. The lowest BCUT2D eigenvalue weighted by Crippen LogP contribution is -2.16. The van der Waals surface area contributed by atoms with E-state index < -0.39 is 5.97 Å². The number of methoxy groups -OCH3 is 2. The van der Waals surface area contributed by atoms with Crippen LogP contribution in [0.4, 0.5) is 5.13 Å². The topological polar surface area (TPSA) is 77.5 Å². The second kappa shape index (κ2) is 5.57. The zero-order valence-corrected chi connectivity index (χ0v) is 10.0. The van der Waals surface area contributed by atoms with E-state index in [9.17, 15) is 9.59 Å². The summed E-state index contributed by atoms with van der Waals surface area (Å²) in [6, 6.07) is 0. The smallest absolute Gasteiger partial charge is 0.350 e. The molecule has 0 radical (unpaired) electrons. The molecule has 16 heavy (non-hydrogen) atoms. The van der Waals surface area contributed by atoms with Crippen LogP contribution in [-0.2, 0) is 14.3 Å². The number of hydrogen-bond donors (Lipinski definition) is 1. The Morgan fingerprint density at radius 2 is 2.12 bits per heavy atom. The van der Waals surface area contributed by atoms with Crippen molar-refractivity contribution < 1.29 is 19.1 Å². The maximum atomic E-state index is 11.3. The Labute approximate surface area is 96.6 Å². The van der Waals surface area contributed by atoms with Crippen molar-refractivity contribution >= 4 is 28.3 Å². The standard InChI is InChI=1S/C9H12N2O4S/c1-5-7(8(13)15-3)16-9(10-5)11-6(12)4-14-2/h4H2,1-3H3,(H,10,11,12). The highest BCUT2D eigenvalue weighted by atomic mass is 32.1. The molecule has 0 aromatic carbocycles. The lowest BCUT2D eigenvalue weighted by Gasteiger charge is -1.98. The molecule has 0 aliphatic rings. The van der Waals surface area contributed by atoms with Gasteiger partial charge in [-0.3, -0.25) is 10.1 Å². The molecular formula is C9H12N2O4S. The first-order valence-corrected chi connectivity index (χ1v) is 5.24. The molecule has 1 amide bonds. The van der Waals surface area contributed by atoms with Crippen LogP contribution in [0.25, 0.3) is 0 Å². The van der Waals surface area contributed by atoms with Crippen LogP contribution in [0, 0.1) is 6.92 Å². The summed E-state index contributed by atoms with van der Waals surface area (Å²) < 4.78 is 9.23. The summed E-state index contributed by atoms with van der Waals surface area (Å²) in [6.07, 6.45) is 0. The molecule has 0 atom stereocenters. The molecule has 0 spiro atoms. The number of nitrogens with zero attached hydrogens (tertiary/aromatic N) is 1. The minimum absolute atomic E-state index is 0.0494. The van der Waals surface area contributed by atoms with Gasteiger partial charge in [0.05, 0.1) is 12.8 Å². The highest BCUT2D eigenvalue weighted by molar-refractivity contribution is 7.17.